The van der Waals surface area contributed by atoms with E-state index in [-0.39, 0.29) is 23.2 Å². The molecular formula is C32H33Cl2N5O2. The molecule has 0 saturated heterocycles. The van der Waals surface area contributed by atoms with Crippen molar-refractivity contribution in [1.82, 2.24) is 19.7 Å². The van der Waals surface area contributed by atoms with Crippen molar-refractivity contribution in [1.29, 1.82) is 0 Å². The second-order valence-corrected chi connectivity index (χ2v) is 12.1. The van der Waals surface area contributed by atoms with Gasteiger partial charge in [-0.05, 0) is 59.7 Å². The van der Waals surface area contributed by atoms with E-state index in [4.69, 9.17) is 34.0 Å². The molecule has 1 saturated carbocycles. The fraction of sp³-hybridized carbons (Fsp3) is 0.312. The minimum atomic E-state index is -0.706. The summed E-state index contributed by atoms with van der Waals surface area (Å²) in [4.78, 5) is 31.5. The lowest BCUT2D eigenvalue weighted by Gasteiger charge is -2.52. The van der Waals surface area contributed by atoms with Gasteiger partial charge in [0, 0.05) is 49.5 Å². The van der Waals surface area contributed by atoms with Crippen molar-refractivity contribution in [2.45, 2.75) is 45.1 Å². The summed E-state index contributed by atoms with van der Waals surface area (Å²) < 4.78 is 1.92. The van der Waals surface area contributed by atoms with Crippen molar-refractivity contribution in [3.8, 4) is 16.9 Å². The number of pyridine rings is 1. The smallest absolute Gasteiger partial charge is 0.240 e. The Hall–Kier alpha value is -3.68. The topological polar surface area (TPSA) is 94.1 Å². The van der Waals surface area contributed by atoms with Crippen LogP contribution in [0, 0.1) is 11.3 Å². The molecule has 1 aliphatic carbocycles. The van der Waals surface area contributed by atoms with Crippen molar-refractivity contribution in [3.05, 3.63) is 100 Å². The van der Waals surface area contributed by atoms with E-state index in [1.807, 2.05) is 59.3 Å². The Labute approximate surface area is 250 Å². The number of carbonyl (C=O) groups is 2. The van der Waals surface area contributed by atoms with Gasteiger partial charge < -0.3 is 10.6 Å². The number of hydrogen-bond donors (Lipinski definition) is 1. The van der Waals surface area contributed by atoms with Gasteiger partial charge in [-0.25, -0.2) is 4.68 Å². The van der Waals surface area contributed by atoms with Crippen molar-refractivity contribution < 1.29 is 9.59 Å². The Morgan fingerprint density at radius 2 is 1.83 bits per heavy atom. The third kappa shape index (κ3) is 5.88. The molecule has 2 aromatic carbocycles. The molecule has 3 atom stereocenters. The fourth-order valence-electron chi connectivity index (χ4n) is 5.78. The second kappa shape index (κ2) is 11.7. The SMILES string of the molecule is CN(C(=O)C[C@H]1C[C@H](c2cc(-c3cccnc3)nn2-c2ccc(Cl)c(Cl)c2)C1(C)C)C(Cc1ccccc1)C(N)=O. The summed E-state index contributed by atoms with van der Waals surface area (Å²) in [5.41, 5.74) is 10.0. The molecule has 2 N–H and O–H groups in total. The van der Waals surface area contributed by atoms with E-state index in [0.29, 0.717) is 22.9 Å². The van der Waals surface area contributed by atoms with E-state index >= 15 is 0 Å². The van der Waals surface area contributed by atoms with E-state index in [0.717, 1.165) is 34.6 Å². The van der Waals surface area contributed by atoms with Gasteiger partial charge in [-0.1, -0.05) is 67.4 Å². The van der Waals surface area contributed by atoms with Gasteiger partial charge in [-0.2, -0.15) is 5.10 Å². The van der Waals surface area contributed by atoms with Gasteiger partial charge in [-0.3, -0.25) is 14.6 Å². The number of aromatic nitrogens is 3. The molecule has 2 heterocycles. The fourth-order valence-corrected chi connectivity index (χ4v) is 6.07. The Balaban J connectivity index is 1.38. The molecule has 212 valence electrons. The highest BCUT2D eigenvalue weighted by Crippen LogP contribution is 2.58. The van der Waals surface area contributed by atoms with E-state index < -0.39 is 11.9 Å². The van der Waals surface area contributed by atoms with Gasteiger partial charge in [0.2, 0.25) is 11.8 Å². The molecule has 1 aliphatic rings. The monoisotopic (exact) mass is 589 g/mol. The minimum Gasteiger partial charge on any atom is -0.368 e. The normalized spacial score (nSPS) is 18.4. The van der Waals surface area contributed by atoms with Crippen molar-refractivity contribution >= 4 is 35.0 Å². The predicted octanol–water partition coefficient (Wildman–Crippen LogP) is 6.32. The first-order chi connectivity index (χ1) is 19.6. The summed E-state index contributed by atoms with van der Waals surface area (Å²) in [6, 6.07) is 20.3. The number of nitrogens with two attached hydrogens (primary N) is 1. The molecule has 2 amide bonds. The maximum Gasteiger partial charge on any atom is 0.240 e. The van der Waals surface area contributed by atoms with Crippen LogP contribution in [0.3, 0.4) is 0 Å². The summed E-state index contributed by atoms with van der Waals surface area (Å²) in [6.45, 7) is 4.37. The van der Waals surface area contributed by atoms with Crippen LogP contribution in [0.4, 0.5) is 0 Å². The van der Waals surface area contributed by atoms with Crippen LogP contribution in [0.25, 0.3) is 16.9 Å². The summed E-state index contributed by atoms with van der Waals surface area (Å²) in [5, 5.41) is 5.86. The largest absolute Gasteiger partial charge is 0.368 e. The van der Waals surface area contributed by atoms with Crippen LogP contribution < -0.4 is 5.73 Å². The van der Waals surface area contributed by atoms with Crippen LogP contribution in [-0.4, -0.2) is 44.6 Å². The molecule has 0 aliphatic heterocycles. The molecular weight excluding hydrogens is 557 g/mol. The van der Waals surface area contributed by atoms with E-state index in [1.54, 1.807) is 25.5 Å². The van der Waals surface area contributed by atoms with Gasteiger partial charge in [0.1, 0.15) is 6.04 Å². The van der Waals surface area contributed by atoms with Gasteiger partial charge in [0.05, 0.1) is 21.4 Å². The van der Waals surface area contributed by atoms with Crippen LogP contribution in [0.2, 0.25) is 10.0 Å². The van der Waals surface area contributed by atoms with E-state index in [1.165, 1.54) is 4.90 Å². The number of likely N-dealkylation sites (N-methyl/N-ethyl adjacent to an activating group) is 1. The first-order valence-corrected chi connectivity index (χ1v) is 14.4. The molecule has 5 rings (SSSR count). The molecule has 0 bridgehead atoms. The summed E-state index contributed by atoms with van der Waals surface area (Å²) in [5.74, 6) is -0.347. The molecule has 41 heavy (non-hydrogen) atoms. The zero-order valence-electron chi connectivity index (χ0n) is 23.3. The quantitative estimate of drug-likeness (QED) is 0.247. The van der Waals surface area contributed by atoms with Crippen LogP contribution >= 0.6 is 23.2 Å². The van der Waals surface area contributed by atoms with E-state index in [9.17, 15) is 9.59 Å². The standard InChI is InChI=1S/C32H33Cl2N5O2/c1-32(2)22(16-30(40)38(3)29(31(35)41)14-20-8-5-4-6-9-20)15-24(32)28-18-27(21-10-7-13-36-19-21)37-39(28)23-11-12-25(33)26(34)17-23/h4-13,17-19,22,24,29H,14-16H2,1-3H3,(H2,35,41)/t22-,24-,29?/m1/s1. The highest BCUT2D eigenvalue weighted by Gasteiger charge is 2.51. The predicted molar refractivity (Wildman–Crippen MR) is 162 cm³/mol. The molecule has 9 heteroatoms. The van der Waals surface area contributed by atoms with Crippen LogP contribution in [0.5, 0.6) is 0 Å². The third-order valence-electron chi connectivity index (χ3n) is 8.55. The highest BCUT2D eigenvalue weighted by molar-refractivity contribution is 6.42. The number of nitrogens with zero attached hydrogens (tertiary/aromatic N) is 4. The summed E-state index contributed by atoms with van der Waals surface area (Å²) in [7, 11) is 1.67. The Morgan fingerprint density at radius 1 is 1.07 bits per heavy atom. The maximum absolute atomic E-state index is 13.4. The highest BCUT2D eigenvalue weighted by atomic mass is 35.5. The molecule has 4 aromatic rings. The molecule has 0 spiro atoms. The van der Waals surface area contributed by atoms with Crippen LogP contribution in [0.15, 0.2) is 79.1 Å². The minimum absolute atomic E-state index is 0.0877. The lowest BCUT2D eigenvalue weighted by Crippen LogP contribution is -2.50. The average molecular weight is 591 g/mol. The Morgan fingerprint density at radius 3 is 2.46 bits per heavy atom. The number of halogens is 2. The third-order valence-corrected chi connectivity index (χ3v) is 9.29. The molecule has 1 fully saturated rings. The first kappa shape index (κ1) is 28.8. The van der Waals surface area contributed by atoms with E-state index in [2.05, 4.69) is 24.9 Å². The van der Waals surface area contributed by atoms with Crippen LogP contribution in [-0.2, 0) is 16.0 Å². The zero-order chi connectivity index (χ0) is 29.3. The summed E-state index contributed by atoms with van der Waals surface area (Å²) in [6.07, 6.45) is 5.03. The van der Waals surface area contributed by atoms with Crippen molar-refractivity contribution in [2.24, 2.45) is 17.1 Å². The van der Waals surface area contributed by atoms with Crippen molar-refractivity contribution in [2.75, 3.05) is 7.05 Å². The summed E-state index contributed by atoms with van der Waals surface area (Å²) >= 11 is 12.6. The molecule has 0 radical (unpaired) electrons. The number of hydrogen-bond acceptors (Lipinski definition) is 4. The number of amides is 2. The lowest BCUT2D eigenvalue weighted by atomic mass is 9.52. The van der Waals surface area contributed by atoms with Gasteiger partial charge >= 0.3 is 0 Å². The average Bonchev–Trinajstić information content (AvgIpc) is 3.40. The zero-order valence-corrected chi connectivity index (χ0v) is 24.8. The number of rotatable bonds is 9. The number of benzene rings is 2. The first-order valence-electron chi connectivity index (χ1n) is 13.6. The Kier molecular flexibility index (Phi) is 8.20. The lowest BCUT2D eigenvalue weighted by molar-refractivity contribution is -0.141. The number of carbonyl (C=O) groups excluding carboxylic acids is 2. The maximum atomic E-state index is 13.4. The van der Waals surface area contributed by atoms with Gasteiger partial charge in [0.15, 0.2) is 0 Å². The van der Waals surface area contributed by atoms with Gasteiger partial charge in [-0.15, -0.1) is 0 Å². The molecule has 2 aromatic heterocycles. The molecule has 1 unspecified atom stereocenters. The number of primary amides is 1. The Bertz CT molecular complexity index is 1560. The van der Waals surface area contributed by atoms with Gasteiger partial charge in [0.25, 0.3) is 0 Å². The van der Waals surface area contributed by atoms with Crippen LogP contribution in [0.1, 0.15) is 43.9 Å². The van der Waals surface area contributed by atoms with Crippen molar-refractivity contribution in [3.63, 3.8) is 0 Å². The second-order valence-electron chi connectivity index (χ2n) is 11.3. The molecule has 7 nitrogen and oxygen atoms in total.